The normalized spacial score (nSPS) is 21.7. The van der Waals surface area contributed by atoms with Gasteiger partial charge in [-0.25, -0.2) is 0 Å². The summed E-state index contributed by atoms with van der Waals surface area (Å²) in [5, 5.41) is 17.3. The topological polar surface area (TPSA) is 53.5 Å². The van der Waals surface area contributed by atoms with Gasteiger partial charge >= 0.3 is 0 Å². The molecule has 3 atom stereocenters. The summed E-state index contributed by atoms with van der Waals surface area (Å²) in [6.07, 6.45) is 2.11. The second-order valence-corrected chi connectivity index (χ2v) is 7.22. The molecule has 0 radical (unpaired) electrons. The maximum atomic E-state index is 10.3. The van der Waals surface area contributed by atoms with Crippen molar-refractivity contribution in [3.05, 3.63) is 23.3 Å². The number of aliphatic hydroxyl groups excluding tert-OH is 1. The monoisotopic (exact) mass is 340 g/mol. The molecule has 2 aliphatic heterocycles. The second kappa shape index (κ2) is 7.34. The highest BCUT2D eigenvalue weighted by Crippen LogP contribution is 2.36. The van der Waals surface area contributed by atoms with E-state index >= 15 is 0 Å². The minimum atomic E-state index is -0.508. The smallest absolute Gasteiger partial charge is 0.130 e. The number of anilines is 1. The Balaban J connectivity index is 1.50. The van der Waals surface area contributed by atoms with E-state index in [0.717, 1.165) is 43.9 Å². The first-order valence-electron chi connectivity index (χ1n) is 7.91. The van der Waals surface area contributed by atoms with Gasteiger partial charge in [0, 0.05) is 37.0 Å². The van der Waals surface area contributed by atoms with Gasteiger partial charge in [-0.05, 0) is 41.9 Å². The first-order valence-corrected chi connectivity index (χ1v) is 9.06. The molecule has 2 aliphatic rings. The molecule has 0 spiro atoms. The van der Waals surface area contributed by atoms with Crippen molar-refractivity contribution in [2.45, 2.75) is 36.7 Å². The Bertz CT molecular complexity index is 494. The van der Waals surface area contributed by atoms with Crippen LogP contribution in [0, 0.1) is 0 Å². The van der Waals surface area contributed by atoms with Crippen LogP contribution < -0.4 is 15.4 Å². The molecule has 3 rings (SSSR count). The molecule has 0 bridgehead atoms. The van der Waals surface area contributed by atoms with Gasteiger partial charge in [0.2, 0.25) is 0 Å². The van der Waals surface area contributed by atoms with Crippen molar-refractivity contribution in [1.29, 1.82) is 0 Å². The third kappa shape index (κ3) is 3.67. The molecule has 0 amide bonds. The van der Waals surface area contributed by atoms with Crippen LogP contribution in [-0.2, 0) is 12.8 Å². The number of hydrogen-bond acceptors (Lipinski definition) is 6. The molecule has 2 heterocycles. The molecule has 1 aromatic rings. The first kappa shape index (κ1) is 16.3. The minimum absolute atomic E-state index is 0.159. The molecule has 22 heavy (non-hydrogen) atoms. The summed E-state index contributed by atoms with van der Waals surface area (Å²) in [6, 6.07) is 4.30. The van der Waals surface area contributed by atoms with E-state index in [-0.39, 0.29) is 11.4 Å². The summed E-state index contributed by atoms with van der Waals surface area (Å²) < 4.78 is 5.95. The Morgan fingerprint density at radius 3 is 3.05 bits per heavy atom. The van der Waals surface area contributed by atoms with E-state index in [1.807, 2.05) is 0 Å². The Kier molecular flexibility index (Phi) is 5.44. The van der Waals surface area contributed by atoms with E-state index in [1.165, 1.54) is 16.8 Å². The SMILES string of the molecule is OC(CNCC(S)CCS)C1Cc2cc3c(cc2O1)CCN3. The Morgan fingerprint density at radius 1 is 1.36 bits per heavy atom. The van der Waals surface area contributed by atoms with Crippen LogP contribution in [0.15, 0.2) is 12.1 Å². The third-order valence-corrected chi connectivity index (χ3v) is 5.02. The quantitative estimate of drug-likeness (QED) is 0.489. The molecule has 4 nitrogen and oxygen atoms in total. The zero-order valence-electron chi connectivity index (χ0n) is 12.6. The maximum absolute atomic E-state index is 10.3. The second-order valence-electron chi connectivity index (χ2n) is 6.05. The molecule has 0 saturated carbocycles. The molecular formula is C16H24N2O2S2. The molecule has 3 unspecified atom stereocenters. The van der Waals surface area contributed by atoms with Gasteiger partial charge in [-0.1, -0.05) is 0 Å². The van der Waals surface area contributed by atoms with Crippen molar-refractivity contribution in [3.8, 4) is 5.75 Å². The molecule has 0 fully saturated rings. The Hall–Kier alpha value is -0.560. The van der Waals surface area contributed by atoms with Crippen LogP contribution in [-0.4, -0.2) is 48.0 Å². The highest BCUT2D eigenvalue weighted by Gasteiger charge is 2.30. The highest BCUT2D eigenvalue weighted by molar-refractivity contribution is 7.81. The van der Waals surface area contributed by atoms with Crippen LogP contribution in [0.5, 0.6) is 5.75 Å². The van der Waals surface area contributed by atoms with Crippen molar-refractivity contribution in [1.82, 2.24) is 5.32 Å². The average Bonchev–Trinajstić information content (AvgIpc) is 3.09. The molecule has 0 aliphatic carbocycles. The van der Waals surface area contributed by atoms with Gasteiger partial charge in [0.05, 0.1) is 0 Å². The fraction of sp³-hybridized carbons (Fsp3) is 0.625. The summed E-state index contributed by atoms with van der Waals surface area (Å²) >= 11 is 8.67. The van der Waals surface area contributed by atoms with Gasteiger partial charge in [-0.15, -0.1) is 0 Å². The van der Waals surface area contributed by atoms with E-state index in [2.05, 4.69) is 48.0 Å². The summed E-state index contributed by atoms with van der Waals surface area (Å²) in [5.74, 6) is 1.77. The number of nitrogens with one attached hydrogen (secondary N) is 2. The van der Waals surface area contributed by atoms with E-state index in [9.17, 15) is 5.11 Å². The number of aliphatic hydroxyl groups is 1. The van der Waals surface area contributed by atoms with E-state index in [4.69, 9.17) is 4.74 Å². The standard InChI is InChI=1S/C16H24N2O2S2/c19-14(9-17-8-12(22)2-4-21)16-7-11-5-13-10(1-3-18-13)6-15(11)20-16/h5-6,12,14,16-19,21-22H,1-4,7-9H2. The zero-order chi connectivity index (χ0) is 15.5. The van der Waals surface area contributed by atoms with Crippen LogP contribution in [0.3, 0.4) is 0 Å². The summed E-state index contributed by atoms with van der Waals surface area (Å²) in [6.45, 7) is 2.31. The van der Waals surface area contributed by atoms with Crippen LogP contribution in [0.4, 0.5) is 5.69 Å². The van der Waals surface area contributed by atoms with Gasteiger partial charge in [-0.3, -0.25) is 0 Å². The molecule has 6 heteroatoms. The predicted molar refractivity (Wildman–Crippen MR) is 96.9 cm³/mol. The van der Waals surface area contributed by atoms with E-state index < -0.39 is 6.10 Å². The van der Waals surface area contributed by atoms with Crippen LogP contribution >= 0.6 is 25.3 Å². The fourth-order valence-corrected chi connectivity index (χ4v) is 3.83. The lowest BCUT2D eigenvalue weighted by atomic mass is 10.0. The number of thiol groups is 2. The lowest BCUT2D eigenvalue weighted by molar-refractivity contribution is 0.0502. The molecule has 0 aromatic heterocycles. The van der Waals surface area contributed by atoms with Gasteiger partial charge in [0.1, 0.15) is 18.0 Å². The zero-order valence-corrected chi connectivity index (χ0v) is 14.4. The average molecular weight is 341 g/mol. The van der Waals surface area contributed by atoms with E-state index in [0.29, 0.717) is 6.54 Å². The van der Waals surface area contributed by atoms with Crippen molar-refractivity contribution >= 4 is 30.9 Å². The van der Waals surface area contributed by atoms with Crippen LogP contribution in [0.25, 0.3) is 0 Å². The van der Waals surface area contributed by atoms with Gasteiger partial charge in [0.25, 0.3) is 0 Å². The number of ether oxygens (including phenoxy) is 1. The third-order valence-electron chi connectivity index (χ3n) is 4.32. The molecule has 3 N–H and O–H groups in total. The molecular weight excluding hydrogens is 316 g/mol. The van der Waals surface area contributed by atoms with Crippen molar-refractivity contribution in [3.63, 3.8) is 0 Å². The highest BCUT2D eigenvalue weighted by atomic mass is 32.1. The Morgan fingerprint density at radius 2 is 2.23 bits per heavy atom. The minimum Gasteiger partial charge on any atom is -0.487 e. The molecule has 122 valence electrons. The van der Waals surface area contributed by atoms with Crippen LogP contribution in [0.2, 0.25) is 0 Å². The van der Waals surface area contributed by atoms with Crippen LogP contribution in [0.1, 0.15) is 17.5 Å². The van der Waals surface area contributed by atoms with Crippen molar-refractivity contribution < 1.29 is 9.84 Å². The fourth-order valence-electron chi connectivity index (χ4n) is 3.06. The number of benzene rings is 1. The first-order chi connectivity index (χ1) is 10.7. The number of fused-ring (bicyclic) bond motifs is 2. The lowest BCUT2D eigenvalue weighted by Gasteiger charge is -2.19. The summed E-state index contributed by atoms with van der Waals surface area (Å²) in [7, 11) is 0. The predicted octanol–water partition coefficient (Wildman–Crippen LogP) is 1.53. The maximum Gasteiger partial charge on any atom is 0.130 e. The largest absolute Gasteiger partial charge is 0.487 e. The number of rotatable bonds is 7. The van der Waals surface area contributed by atoms with Crippen molar-refractivity contribution in [2.24, 2.45) is 0 Å². The lowest BCUT2D eigenvalue weighted by Crippen LogP contribution is -2.40. The summed E-state index contributed by atoms with van der Waals surface area (Å²) in [4.78, 5) is 0. The van der Waals surface area contributed by atoms with E-state index in [1.54, 1.807) is 0 Å². The van der Waals surface area contributed by atoms with Gasteiger partial charge in [0.15, 0.2) is 0 Å². The molecule has 0 saturated heterocycles. The van der Waals surface area contributed by atoms with Crippen molar-refractivity contribution in [2.75, 3.05) is 30.7 Å². The summed E-state index contributed by atoms with van der Waals surface area (Å²) in [5.41, 5.74) is 3.73. The van der Waals surface area contributed by atoms with Gasteiger partial charge in [-0.2, -0.15) is 25.3 Å². The number of hydrogen-bond donors (Lipinski definition) is 5. The van der Waals surface area contributed by atoms with Gasteiger partial charge < -0.3 is 20.5 Å². The molecule has 1 aromatic carbocycles. The Labute approximate surface area is 142 Å².